The highest BCUT2D eigenvalue weighted by Gasteiger charge is 2.18. The van der Waals surface area contributed by atoms with Crippen LogP contribution >= 0.6 is 0 Å². The summed E-state index contributed by atoms with van der Waals surface area (Å²) in [5.74, 6) is -0.200. The van der Waals surface area contributed by atoms with Crippen LogP contribution in [-0.2, 0) is 0 Å². The van der Waals surface area contributed by atoms with Gasteiger partial charge in [-0.25, -0.2) is 4.79 Å². The van der Waals surface area contributed by atoms with Crippen LogP contribution in [-0.4, -0.2) is 41.2 Å². The summed E-state index contributed by atoms with van der Waals surface area (Å²) in [4.78, 5) is 13.1. The summed E-state index contributed by atoms with van der Waals surface area (Å²) in [6.45, 7) is 11.5. The molecule has 0 radical (unpaired) electrons. The molecule has 0 atom stereocenters. The van der Waals surface area contributed by atoms with E-state index >= 15 is 0 Å². The van der Waals surface area contributed by atoms with E-state index < -0.39 is 5.97 Å². The number of benzene rings is 1. The van der Waals surface area contributed by atoms with E-state index in [0.717, 1.165) is 19.5 Å². The van der Waals surface area contributed by atoms with Crippen molar-refractivity contribution in [1.29, 1.82) is 0 Å². The SMILES string of the molecule is CCN(CCCOc1ccc(C(=O)O)cc1)C(C)(C)C. The van der Waals surface area contributed by atoms with Crippen molar-refractivity contribution in [2.75, 3.05) is 19.7 Å². The topological polar surface area (TPSA) is 49.8 Å². The minimum absolute atomic E-state index is 0.178. The Hall–Kier alpha value is -1.55. The molecule has 0 unspecified atom stereocenters. The second-order valence-corrected chi connectivity index (χ2v) is 5.78. The van der Waals surface area contributed by atoms with Gasteiger partial charge in [-0.05, 0) is 58.0 Å². The Bertz CT molecular complexity index is 420. The average molecular weight is 279 g/mol. The number of carboxylic acid groups (broad SMARTS) is 1. The summed E-state index contributed by atoms with van der Waals surface area (Å²) in [5.41, 5.74) is 0.458. The molecule has 4 heteroatoms. The third kappa shape index (κ3) is 5.21. The van der Waals surface area contributed by atoms with Crippen LogP contribution in [0.2, 0.25) is 0 Å². The van der Waals surface area contributed by atoms with E-state index in [1.54, 1.807) is 24.3 Å². The van der Waals surface area contributed by atoms with Crippen LogP contribution in [0.15, 0.2) is 24.3 Å². The standard InChI is InChI=1S/C16H25NO3/c1-5-17(16(2,3)4)11-6-12-20-14-9-7-13(8-10-14)15(18)19/h7-10H,5-6,11-12H2,1-4H3,(H,18,19). The summed E-state index contributed by atoms with van der Waals surface area (Å²) in [7, 11) is 0. The van der Waals surface area contributed by atoms with E-state index in [1.807, 2.05) is 0 Å². The maximum Gasteiger partial charge on any atom is 0.335 e. The molecule has 0 saturated carbocycles. The van der Waals surface area contributed by atoms with Crippen molar-refractivity contribution in [2.24, 2.45) is 0 Å². The number of carbonyl (C=O) groups is 1. The lowest BCUT2D eigenvalue weighted by molar-refractivity contribution is 0.0697. The van der Waals surface area contributed by atoms with Gasteiger partial charge < -0.3 is 9.84 Å². The maximum atomic E-state index is 10.7. The van der Waals surface area contributed by atoms with Crippen LogP contribution in [0.4, 0.5) is 0 Å². The molecule has 0 spiro atoms. The Balaban J connectivity index is 2.35. The van der Waals surface area contributed by atoms with E-state index in [1.165, 1.54) is 0 Å². The summed E-state index contributed by atoms with van der Waals surface area (Å²) >= 11 is 0. The first-order valence-electron chi connectivity index (χ1n) is 7.06. The van der Waals surface area contributed by atoms with Gasteiger partial charge in [0, 0.05) is 12.1 Å². The minimum Gasteiger partial charge on any atom is -0.494 e. The smallest absolute Gasteiger partial charge is 0.335 e. The molecule has 0 heterocycles. The van der Waals surface area contributed by atoms with Crippen LogP contribution in [0.3, 0.4) is 0 Å². The number of aromatic carboxylic acids is 1. The molecular weight excluding hydrogens is 254 g/mol. The van der Waals surface area contributed by atoms with Crippen LogP contribution in [0, 0.1) is 0 Å². The van der Waals surface area contributed by atoms with Gasteiger partial charge in [-0.1, -0.05) is 6.92 Å². The molecule has 20 heavy (non-hydrogen) atoms. The van der Waals surface area contributed by atoms with Crippen molar-refractivity contribution in [2.45, 2.75) is 39.7 Å². The van der Waals surface area contributed by atoms with Crippen LogP contribution in [0.1, 0.15) is 44.5 Å². The van der Waals surface area contributed by atoms with Crippen molar-refractivity contribution in [3.63, 3.8) is 0 Å². The zero-order chi connectivity index (χ0) is 15.2. The second kappa shape index (κ2) is 7.29. The molecule has 0 aliphatic rings. The van der Waals surface area contributed by atoms with Gasteiger partial charge in [0.1, 0.15) is 5.75 Å². The molecule has 0 aliphatic heterocycles. The van der Waals surface area contributed by atoms with Crippen molar-refractivity contribution in [3.8, 4) is 5.75 Å². The molecule has 0 saturated heterocycles. The zero-order valence-electron chi connectivity index (χ0n) is 12.8. The highest BCUT2D eigenvalue weighted by Crippen LogP contribution is 2.14. The molecule has 0 aromatic heterocycles. The van der Waals surface area contributed by atoms with Gasteiger partial charge in [0.05, 0.1) is 12.2 Å². The second-order valence-electron chi connectivity index (χ2n) is 5.78. The molecule has 0 aliphatic carbocycles. The molecule has 4 nitrogen and oxygen atoms in total. The first-order valence-corrected chi connectivity index (χ1v) is 7.06. The molecule has 0 fully saturated rings. The Morgan fingerprint density at radius 3 is 2.30 bits per heavy atom. The number of nitrogens with zero attached hydrogens (tertiary/aromatic N) is 1. The lowest BCUT2D eigenvalue weighted by Gasteiger charge is -2.34. The van der Waals surface area contributed by atoms with Gasteiger partial charge in [-0.15, -0.1) is 0 Å². The fourth-order valence-corrected chi connectivity index (χ4v) is 2.11. The Morgan fingerprint density at radius 1 is 1.25 bits per heavy atom. The number of ether oxygens (including phenoxy) is 1. The normalized spacial score (nSPS) is 11.7. The molecule has 1 aromatic carbocycles. The summed E-state index contributed by atoms with van der Waals surface area (Å²) in [5, 5.41) is 8.81. The monoisotopic (exact) mass is 279 g/mol. The van der Waals surface area contributed by atoms with Crippen LogP contribution < -0.4 is 4.74 Å². The average Bonchev–Trinajstić information content (AvgIpc) is 2.37. The lowest BCUT2D eigenvalue weighted by Crippen LogP contribution is -2.42. The molecule has 0 amide bonds. The van der Waals surface area contributed by atoms with Crippen molar-refractivity contribution in [3.05, 3.63) is 29.8 Å². The highest BCUT2D eigenvalue weighted by molar-refractivity contribution is 5.87. The van der Waals surface area contributed by atoms with E-state index in [0.29, 0.717) is 12.4 Å². The zero-order valence-corrected chi connectivity index (χ0v) is 12.8. The van der Waals surface area contributed by atoms with Crippen molar-refractivity contribution >= 4 is 5.97 Å². The van der Waals surface area contributed by atoms with Crippen LogP contribution in [0.5, 0.6) is 5.75 Å². The number of hydrogen-bond acceptors (Lipinski definition) is 3. The summed E-state index contributed by atoms with van der Waals surface area (Å²) in [6.07, 6.45) is 0.950. The van der Waals surface area contributed by atoms with Gasteiger partial charge in [0.2, 0.25) is 0 Å². The highest BCUT2D eigenvalue weighted by atomic mass is 16.5. The Labute approximate surface area is 121 Å². The van der Waals surface area contributed by atoms with Gasteiger partial charge in [-0.2, -0.15) is 0 Å². The summed E-state index contributed by atoms with van der Waals surface area (Å²) in [6, 6.07) is 6.52. The first-order chi connectivity index (χ1) is 9.34. The first kappa shape index (κ1) is 16.5. The van der Waals surface area contributed by atoms with Crippen molar-refractivity contribution < 1.29 is 14.6 Å². The molecule has 1 aromatic rings. The van der Waals surface area contributed by atoms with E-state index in [2.05, 4.69) is 32.6 Å². The Morgan fingerprint density at radius 2 is 1.85 bits per heavy atom. The van der Waals surface area contributed by atoms with Gasteiger partial charge in [-0.3, -0.25) is 4.90 Å². The molecule has 1 N–H and O–H groups in total. The molecule has 0 bridgehead atoms. The lowest BCUT2D eigenvalue weighted by atomic mass is 10.1. The van der Waals surface area contributed by atoms with E-state index in [-0.39, 0.29) is 11.1 Å². The third-order valence-electron chi connectivity index (χ3n) is 3.27. The molecule has 1 rings (SSSR count). The quantitative estimate of drug-likeness (QED) is 0.778. The molecular formula is C16H25NO3. The molecule has 112 valence electrons. The van der Waals surface area contributed by atoms with Crippen molar-refractivity contribution in [1.82, 2.24) is 4.90 Å². The van der Waals surface area contributed by atoms with E-state index in [9.17, 15) is 4.79 Å². The summed E-state index contributed by atoms with van der Waals surface area (Å²) < 4.78 is 5.63. The number of hydrogen-bond donors (Lipinski definition) is 1. The Kier molecular flexibility index (Phi) is 6.02. The van der Waals surface area contributed by atoms with E-state index in [4.69, 9.17) is 9.84 Å². The fourth-order valence-electron chi connectivity index (χ4n) is 2.11. The largest absolute Gasteiger partial charge is 0.494 e. The van der Waals surface area contributed by atoms with Gasteiger partial charge in [0.25, 0.3) is 0 Å². The predicted molar refractivity (Wildman–Crippen MR) is 80.5 cm³/mol. The third-order valence-corrected chi connectivity index (χ3v) is 3.27. The number of carboxylic acids is 1. The fraction of sp³-hybridized carbons (Fsp3) is 0.562. The minimum atomic E-state index is -0.916. The number of rotatable bonds is 7. The predicted octanol–water partition coefficient (Wildman–Crippen LogP) is 3.27. The van der Waals surface area contributed by atoms with Crippen LogP contribution in [0.25, 0.3) is 0 Å². The van der Waals surface area contributed by atoms with Gasteiger partial charge in [0.15, 0.2) is 0 Å². The van der Waals surface area contributed by atoms with Gasteiger partial charge >= 0.3 is 5.97 Å². The maximum absolute atomic E-state index is 10.7.